The molecule has 2 rings (SSSR count). The first kappa shape index (κ1) is 20.1. The monoisotopic (exact) mass is 367 g/mol. The van der Waals surface area contributed by atoms with Crippen LogP contribution in [0.15, 0.2) is 0 Å². The number of carbonyl (C=O) groups excluding carboxylic acids is 1. The van der Waals surface area contributed by atoms with Crippen molar-refractivity contribution in [2.24, 2.45) is 0 Å². The molecule has 7 heteroatoms. The van der Waals surface area contributed by atoms with Gasteiger partial charge < -0.3 is 4.90 Å². The Bertz CT molecular complexity index is 554. The molecule has 0 aromatic carbocycles. The maximum atomic E-state index is 12.5. The summed E-state index contributed by atoms with van der Waals surface area (Å²) in [5, 5.41) is 13.8. The average molecular weight is 368 g/mol. The number of hydrogen-bond donors (Lipinski definition) is 1. The molecule has 0 radical (unpaired) electrons. The van der Waals surface area contributed by atoms with Gasteiger partial charge >= 0.3 is 6.03 Å². The van der Waals surface area contributed by atoms with Gasteiger partial charge in [0.2, 0.25) is 5.13 Å². The molecule has 0 spiro atoms. The summed E-state index contributed by atoms with van der Waals surface area (Å²) < 4.78 is 0. The Balaban J connectivity index is 1.91. The number of aromatic nitrogens is 2. The van der Waals surface area contributed by atoms with Gasteiger partial charge in [-0.05, 0) is 13.0 Å². The number of rotatable bonds is 9. The van der Waals surface area contributed by atoms with Gasteiger partial charge in [0.25, 0.3) is 0 Å². The number of urea groups is 1. The summed E-state index contributed by atoms with van der Waals surface area (Å²) in [6.07, 6.45) is 7.61. The van der Waals surface area contributed by atoms with E-state index >= 15 is 0 Å². The first-order valence-corrected chi connectivity index (χ1v) is 10.3. The molecule has 1 fully saturated rings. The minimum Gasteiger partial charge on any atom is -0.324 e. The second-order valence-corrected chi connectivity index (χ2v) is 8.87. The highest BCUT2D eigenvalue weighted by molar-refractivity contribution is 7.15. The van der Waals surface area contributed by atoms with Crippen molar-refractivity contribution in [3.63, 3.8) is 0 Å². The standard InChI is InChI=1S/C18H33N5OS/c1-6-7-8-9-10-11-12-19-14-13-22(5)17(24)23(14)16-21-20-15(25-16)18(2,3)4/h14,19H,6-13H2,1-5H3. The Morgan fingerprint density at radius 3 is 2.48 bits per heavy atom. The topological polar surface area (TPSA) is 61.4 Å². The van der Waals surface area contributed by atoms with Gasteiger partial charge in [-0.3, -0.25) is 10.2 Å². The summed E-state index contributed by atoms with van der Waals surface area (Å²) in [4.78, 5) is 16.0. The minimum atomic E-state index is -0.0496. The number of anilines is 1. The molecule has 0 saturated carbocycles. The Hall–Kier alpha value is -1.21. The van der Waals surface area contributed by atoms with Crippen LogP contribution in [0.2, 0.25) is 0 Å². The second-order valence-electron chi connectivity index (χ2n) is 7.91. The van der Waals surface area contributed by atoms with Crippen LogP contribution in [0.4, 0.5) is 9.93 Å². The van der Waals surface area contributed by atoms with Gasteiger partial charge in [-0.2, -0.15) is 0 Å². The number of unbranched alkanes of at least 4 members (excludes halogenated alkanes) is 5. The van der Waals surface area contributed by atoms with Crippen molar-refractivity contribution in [2.45, 2.75) is 77.8 Å². The summed E-state index contributed by atoms with van der Waals surface area (Å²) in [5.41, 5.74) is -0.0496. The normalized spacial score (nSPS) is 18.4. The highest BCUT2D eigenvalue weighted by atomic mass is 32.1. The second kappa shape index (κ2) is 8.94. The summed E-state index contributed by atoms with van der Waals surface area (Å²) >= 11 is 1.52. The van der Waals surface area contributed by atoms with E-state index in [-0.39, 0.29) is 17.6 Å². The molecular formula is C18H33N5OS. The van der Waals surface area contributed by atoms with Gasteiger partial charge in [0.05, 0.1) is 6.54 Å². The van der Waals surface area contributed by atoms with Gasteiger partial charge in [-0.25, -0.2) is 4.79 Å². The highest BCUT2D eigenvalue weighted by Crippen LogP contribution is 2.32. The number of hydrogen-bond acceptors (Lipinski definition) is 5. The van der Waals surface area contributed by atoms with Crippen LogP contribution in [0.1, 0.15) is 71.2 Å². The lowest BCUT2D eigenvalue weighted by atomic mass is 9.98. The third-order valence-electron chi connectivity index (χ3n) is 4.46. The molecule has 1 unspecified atom stereocenters. The summed E-state index contributed by atoms with van der Waals surface area (Å²) in [6.45, 7) is 10.2. The molecular weight excluding hydrogens is 334 g/mol. The third kappa shape index (κ3) is 5.38. The van der Waals surface area contributed by atoms with Crippen LogP contribution in [0.25, 0.3) is 0 Å². The van der Waals surface area contributed by atoms with Crippen LogP contribution in [0.5, 0.6) is 0 Å². The van der Waals surface area contributed by atoms with Crippen molar-refractivity contribution < 1.29 is 4.79 Å². The van der Waals surface area contributed by atoms with E-state index in [0.29, 0.717) is 11.7 Å². The summed E-state index contributed by atoms with van der Waals surface area (Å²) in [7, 11) is 1.84. The largest absolute Gasteiger partial charge is 0.327 e. The van der Waals surface area contributed by atoms with Gasteiger partial charge in [-0.15, -0.1) is 10.2 Å². The van der Waals surface area contributed by atoms with Gasteiger partial charge in [-0.1, -0.05) is 71.1 Å². The quantitative estimate of drug-likeness (QED) is 0.671. The molecule has 0 bridgehead atoms. The van der Waals surface area contributed by atoms with E-state index < -0.39 is 0 Å². The lowest BCUT2D eigenvalue weighted by Gasteiger charge is -2.21. The molecule has 1 N–H and O–H groups in total. The molecule has 1 aliphatic heterocycles. The first-order chi connectivity index (χ1) is 11.8. The van der Waals surface area contributed by atoms with Crippen LogP contribution in [-0.2, 0) is 5.41 Å². The van der Waals surface area contributed by atoms with Crippen molar-refractivity contribution in [1.29, 1.82) is 0 Å². The molecule has 2 amide bonds. The maximum Gasteiger partial charge on any atom is 0.327 e. The molecule has 1 aromatic heterocycles. The van der Waals surface area contributed by atoms with E-state index in [4.69, 9.17) is 0 Å². The molecule has 0 aliphatic carbocycles. The average Bonchev–Trinajstić information content (AvgIpc) is 3.12. The Labute approximate surface area is 156 Å². The smallest absolute Gasteiger partial charge is 0.324 e. The van der Waals surface area contributed by atoms with E-state index in [0.717, 1.165) is 18.0 Å². The van der Waals surface area contributed by atoms with Crippen molar-refractivity contribution in [2.75, 3.05) is 25.0 Å². The lowest BCUT2D eigenvalue weighted by molar-refractivity contribution is 0.229. The SMILES string of the molecule is CCCCCCCCNC1CN(C)C(=O)N1c1nnc(C(C)(C)C)s1. The Morgan fingerprint density at radius 2 is 1.84 bits per heavy atom. The molecule has 1 atom stereocenters. The fraction of sp³-hybridized carbons (Fsp3) is 0.833. The Morgan fingerprint density at radius 1 is 1.16 bits per heavy atom. The first-order valence-electron chi connectivity index (χ1n) is 9.46. The van der Waals surface area contributed by atoms with Crippen molar-refractivity contribution in [1.82, 2.24) is 20.4 Å². The van der Waals surface area contributed by atoms with Crippen LogP contribution in [0, 0.1) is 0 Å². The number of amides is 2. The summed E-state index contributed by atoms with van der Waals surface area (Å²) in [6, 6.07) is -0.00273. The number of nitrogens with one attached hydrogen (secondary N) is 1. The zero-order valence-electron chi connectivity index (χ0n) is 16.3. The van der Waals surface area contributed by atoms with E-state index in [9.17, 15) is 4.79 Å². The predicted octanol–water partition coefficient (Wildman–Crippen LogP) is 3.98. The fourth-order valence-electron chi connectivity index (χ4n) is 2.90. The van der Waals surface area contributed by atoms with E-state index in [2.05, 4.69) is 43.2 Å². The lowest BCUT2D eigenvalue weighted by Crippen LogP contribution is -2.44. The summed E-state index contributed by atoms with van der Waals surface area (Å²) in [5.74, 6) is 0. The van der Waals surface area contributed by atoms with Crippen molar-refractivity contribution >= 4 is 22.5 Å². The van der Waals surface area contributed by atoms with E-state index in [1.54, 1.807) is 9.80 Å². The van der Waals surface area contributed by atoms with Gasteiger partial charge in [0, 0.05) is 12.5 Å². The molecule has 1 aromatic rings. The van der Waals surface area contributed by atoms with Crippen molar-refractivity contribution in [3.05, 3.63) is 5.01 Å². The zero-order valence-corrected chi connectivity index (χ0v) is 17.2. The molecule has 6 nitrogen and oxygen atoms in total. The molecule has 2 heterocycles. The van der Waals surface area contributed by atoms with E-state index in [1.807, 2.05) is 7.05 Å². The highest BCUT2D eigenvalue weighted by Gasteiger charge is 2.38. The number of likely N-dealkylation sites (N-methyl/N-ethyl adjacent to an activating group) is 1. The zero-order chi connectivity index (χ0) is 18.4. The molecule has 25 heavy (non-hydrogen) atoms. The molecule has 1 aliphatic rings. The number of nitrogens with zero attached hydrogens (tertiary/aromatic N) is 4. The third-order valence-corrected chi connectivity index (χ3v) is 5.81. The van der Waals surface area contributed by atoms with Crippen LogP contribution in [-0.4, -0.2) is 47.4 Å². The molecule has 142 valence electrons. The number of carbonyl (C=O) groups is 1. The van der Waals surface area contributed by atoms with Crippen LogP contribution in [0.3, 0.4) is 0 Å². The van der Waals surface area contributed by atoms with Gasteiger partial charge in [0.1, 0.15) is 11.2 Å². The maximum absolute atomic E-state index is 12.5. The molecule has 1 saturated heterocycles. The van der Waals surface area contributed by atoms with Crippen molar-refractivity contribution in [3.8, 4) is 0 Å². The predicted molar refractivity (Wildman–Crippen MR) is 104 cm³/mol. The van der Waals surface area contributed by atoms with Crippen LogP contribution >= 0.6 is 11.3 Å². The Kier molecular flexibility index (Phi) is 7.19. The fourth-order valence-corrected chi connectivity index (χ4v) is 3.84. The van der Waals surface area contributed by atoms with E-state index in [1.165, 1.54) is 43.4 Å². The van der Waals surface area contributed by atoms with Gasteiger partial charge in [0.15, 0.2) is 0 Å². The minimum absolute atomic E-state index is 0.00273. The van der Waals surface area contributed by atoms with Crippen LogP contribution < -0.4 is 10.2 Å².